The van der Waals surface area contributed by atoms with Crippen LogP contribution in [-0.4, -0.2) is 66.5 Å². The summed E-state index contributed by atoms with van der Waals surface area (Å²) in [5.74, 6) is -1.07. The SMILES string of the molecule is CCC(C)=O.CCOC(=O)c1c(N)sc(C)c1C.COC(=O)c1ccc(CBr)cc1.Cc1sc2ncn(Cc3ccc(C(=O)Nc4ccccc4N)cc3)c(=O)c2c1C.[C-]#[N+]CC(=O)OC. The largest absolute Gasteiger partial charge is 0.465 e. The van der Waals surface area contributed by atoms with Crippen LogP contribution in [0.15, 0.2) is 83.9 Å². The number of aryl methyl sites for hydroxylation is 3. The molecule has 5 N–H and O–H groups in total. The van der Waals surface area contributed by atoms with Gasteiger partial charge in [0.2, 0.25) is 0 Å². The molecule has 18 heteroatoms. The number of nitrogen functional groups attached to an aromatic ring is 2. The first-order chi connectivity index (χ1) is 31.4. The molecule has 0 aliphatic heterocycles. The van der Waals surface area contributed by atoms with Gasteiger partial charge in [0, 0.05) is 27.1 Å². The van der Waals surface area contributed by atoms with Gasteiger partial charge in [-0.3, -0.25) is 14.2 Å². The predicted molar refractivity (Wildman–Crippen MR) is 267 cm³/mol. The van der Waals surface area contributed by atoms with Crippen LogP contribution >= 0.6 is 38.6 Å². The molecule has 6 aromatic rings. The van der Waals surface area contributed by atoms with Crippen molar-refractivity contribution in [1.29, 1.82) is 0 Å². The number of ether oxygens (including phenoxy) is 3. The number of anilines is 3. The third-order valence-electron chi connectivity index (χ3n) is 9.29. The number of nitrogens with zero attached hydrogens (tertiary/aromatic N) is 3. The summed E-state index contributed by atoms with van der Waals surface area (Å²) in [6.45, 7) is 19.8. The van der Waals surface area contributed by atoms with Crippen LogP contribution in [0, 0.1) is 34.3 Å². The standard InChI is InChI=1S/C22H20N4O2S.C9H9BrO2.C9H13NO2S.C4H5NO2.C4H8O/c1-13-14(2)29-21-19(13)22(28)26(12-24-21)11-15-7-9-16(10-8-15)20(27)25-18-6-4-3-5-17(18)23;1-12-9(11)8-4-2-7(6-10)3-5-8;1-4-12-9(11)7-5(2)6(3)13-8(7)10;1-5-3-4(6)7-2;1-3-4(2)5/h3-10,12H,11,23H2,1-2H3,(H,25,27);2-5H,6H2,1H3;4,10H2,1-3H3;3H2,2H3;3H2,1-2H3. The predicted octanol–water partition coefficient (Wildman–Crippen LogP) is 9.51. The number of nitrogens with two attached hydrogens (primary N) is 2. The first-order valence-corrected chi connectivity index (χ1v) is 23.0. The molecular weight excluding hydrogens is 949 g/mol. The molecule has 350 valence electrons. The minimum atomic E-state index is -0.477. The number of para-hydroxylation sites is 2. The van der Waals surface area contributed by atoms with E-state index < -0.39 is 5.97 Å². The number of esters is 3. The van der Waals surface area contributed by atoms with Gasteiger partial charge in [0.25, 0.3) is 11.5 Å². The maximum atomic E-state index is 12.8. The molecule has 0 radical (unpaired) electrons. The molecule has 0 atom stereocenters. The molecule has 3 heterocycles. The highest BCUT2D eigenvalue weighted by atomic mass is 79.9. The maximum absolute atomic E-state index is 12.8. The van der Waals surface area contributed by atoms with Crippen molar-refractivity contribution in [2.24, 2.45) is 0 Å². The number of fused-ring (bicyclic) bond motifs is 1. The second-order valence-electron chi connectivity index (χ2n) is 13.9. The summed E-state index contributed by atoms with van der Waals surface area (Å²) in [5, 5.41) is 4.84. The van der Waals surface area contributed by atoms with Crippen LogP contribution in [0.5, 0.6) is 0 Å². The van der Waals surface area contributed by atoms with E-state index in [1.54, 1.807) is 61.1 Å². The third-order valence-corrected chi connectivity index (χ3v) is 12.1. The van der Waals surface area contributed by atoms with Gasteiger partial charge in [-0.2, -0.15) is 0 Å². The van der Waals surface area contributed by atoms with Gasteiger partial charge in [0.1, 0.15) is 15.6 Å². The lowest BCUT2D eigenvalue weighted by atomic mass is 10.1. The van der Waals surface area contributed by atoms with Crippen molar-refractivity contribution in [2.45, 2.75) is 66.8 Å². The Labute approximate surface area is 401 Å². The minimum Gasteiger partial charge on any atom is -0.465 e. The second kappa shape index (κ2) is 28.3. The van der Waals surface area contributed by atoms with E-state index in [0.717, 1.165) is 42.2 Å². The number of carbonyl (C=O) groups excluding carboxylic acids is 5. The number of Topliss-reactive ketones (excluding diaryl/α,β-unsaturated/α-hetero) is 1. The number of hydrogen-bond donors (Lipinski definition) is 3. The van der Waals surface area contributed by atoms with Gasteiger partial charge in [0.05, 0.1) is 61.6 Å². The zero-order valence-corrected chi connectivity index (χ0v) is 41.6. The lowest BCUT2D eigenvalue weighted by molar-refractivity contribution is -0.138. The number of nitrogens with one attached hydrogen (secondary N) is 1. The average Bonchev–Trinajstić information content (AvgIpc) is 3.76. The number of rotatable bonds is 10. The van der Waals surface area contributed by atoms with E-state index in [9.17, 15) is 28.8 Å². The van der Waals surface area contributed by atoms with Crippen LogP contribution in [0.3, 0.4) is 0 Å². The van der Waals surface area contributed by atoms with Gasteiger partial charge >= 0.3 is 24.5 Å². The summed E-state index contributed by atoms with van der Waals surface area (Å²) in [6, 6.07) is 21.6. The Morgan fingerprint density at radius 1 is 0.818 bits per heavy atom. The van der Waals surface area contributed by atoms with E-state index >= 15 is 0 Å². The minimum absolute atomic E-state index is 0.0433. The van der Waals surface area contributed by atoms with Crippen molar-refractivity contribution in [2.75, 3.05) is 44.2 Å². The fourth-order valence-electron chi connectivity index (χ4n) is 5.23. The van der Waals surface area contributed by atoms with Crippen molar-refractivity contribution >= 4 is 94.8 Å². The number of methoxy groups -OCH3 is 2. The van der Waals surface area contributed by atoms with Crippen LogP contribution in [0.25, 0.3) is 15.1 Å². The van der Waals surface area contributed by atoms with Crippen molar-refractivity contribution in [3.05, 3.63) is 150 Å². The summed E-state index contributed by atoms with van der Waals surface area (Å²) < 4.78 is 15.2. The molecule has 0 spiro atoms. The Morgan fingerprint density at radius 2 is 1.39 bits per heavy atom. The number of ketones is 1. The van der Waals surface area contributed by atoms with Gasteiger partial charge in [-0.1, -0.05) is 59.3 Å². The van der Waals surface area contributed by atoms with E-state index in [2.05, 4.69) is 40.5 Å². The number of amides is 1. The van der Waals surface area contributed by atoms with Gasteiger partial charge in [-0.05, 0) is 100 Å². The highest BCUT2D eigenvalue weighted by Crippen LogP contribution is 2.30. The lowest BCUT2D eigenvalue weighted by Crippen LogP contribution is -2.21. The molecule has 6 rings (SSSR count). The molecule has 66 heavy (non-hydrogen) atoms. The van der Waals surface area contributed by atoms with E-state index in [1.807, 2.05) is 71.0 Å². The van der Waals surface area contributed by atoms with E-state index in [1.165, 1.54) is 36.9 Å². The summed E-state index contributed by atoms with van der Waals surface area (Å²) in [7, 11) is 2.63. The Morgan fingerprint density at radius 3 is 1.88 bits per heavy atom. The number of aromatic nitrogens is 2. The molecular formula is C48H55BrN6O9S2. The summed E-state index contributed by atoms with van der Waals surface area (Å²) >= 11 is 6.28. The number of carbonyl (C=O) groups is 5. The van der Waals surface area contributed by atoms with Crippen LogP contribution < -0.4 is 22.3 Å². The lowest BCUT2D eigenvalue weighted by Gasteiger charge is -2.09. The highest BCUT2D eigenvalue weighted by molar-refractivity contribution is 9.08. The molecule has 0 bridgehead atoms. The number of halogens is 1. The summed E-state index contributed by atoms with van der Waals surface area (Å²) in [6.07, 6.45) is 2.25. The smallest absolute Gasteiger partial charge is 0.386 e. The molecule has 0 fully saturated rings. The molecule has 0 unspecified atom stereocenters. The van der Waals surface area contributed by atoms with Crippen molar-refractivity contribution in [3.8, 4) is 0 Å². The van der Waals surface area contributed by atoms with Gasteiger partial charge in [-0.15, -0.1) is 22.7 Å². The molecule has 0 aliphatic carbocycles. The Bertz CT molecular complexity index is 2690. The quantitative estimate of drug-likeness (QED) is 0.0385. The normalized spacial score (nSPS) is 9.83. The molecule has 3 aromatic heterocycles. The number of hydrogen-bond acceptors (Lipinski definition) is 14. The second-order valence-corrected chi connectivity index (χ2v) is 16.9. The van der Waals surface area contributed by atoms with Gasteiger partial charge < -0.3 is 40.6 Å². The van der Waals surface area contributed by atoms with Crippen LogP contribution in [0.1, 0.15) is 90.3 Å². The summed E-state index contributed by atoms with van der Waals surface area (Å²) in [5.41, 5.74) is 18.2. The molecule has 0 aliphatic rings. The topological polar surface area (TPSA) is 216 Å². The fourth-order valence-corrected chi connectivity index (χ4v) is 7.52. The molecule has 0 saturated heterocycles. The van der Waals surface area contributed by atoms with Crippen LogP contribution in [0.4, 0.5) is 16.4 Å². The molecule has 1 amide bonds. The fraction of sp³-hybridized carbons (Fsp3) is 0.292. The van der Waals surface area contributed by atoms with E-state index in [0.29, 0.717) is 58.0 Å². The Kier molecular flexibility index (Phi) is 23.8. The number of benzene rings is 3. The zero-order valence-electron chi connectivity index (χ0n) is 38.4. The van der Waals surface area contributed by atoms with E-state index in [4.69, 9.17) is 22.8 Å². The monoisotopic (exact) mass is 1000 g/mol. The number of alkyl halides is 1. The third kappa shape index (κ3) is 17.0. The van der Waals surface area contributed by atoms with E-state index in [-0.39, 0.29) is 35.7 Å². The Balaban J connectivity index is 0.000000335. The van der Waals surface area contributed by atoms with Crippen LogP contribution in [0.2, 0.25) is 0 Å². The zero-order chi connectivity index (χ0) is 49.5. The average molecular weight is 1000 g/mol. The van der Waals surface area contributed by atoms with Crippen LogP contribution in [-0.2, 0) is 35.7 Å². The summed E-state index contributed by atoms with van der Waals surface area (Å²) in [4.78, 5) is 77.6. The van der Waals surface area contributed by atoms with Gasteiger partial charge in [-0.25, -0.2) is 25.9 Å². The number of thiophene rings is 2. The first-order valence-electron chi connectivity index (χ1n) is 20.2. The maximum Gasteiger partial charge on any atom is 0.386 e. The van der Waals surface area contributed by atoms with Gasteiger partial charge in [0.15, 0.2) is 0 Å². The molecule has 15 nitrogen and oxygen atoms in total. The molecule has 0 saturated carbocycles. The molecule has 3 aromatic carbocycles. The van der Waals surface area contributed by atoms with Crippen molar-refractivity contribution in [1.82, 2.24) is 9.55 Å². The Hall–Kier alpha value is -6.68. The van der Waals surface area contributed by atoms with Crippen molar-refractivity contribution in [3.63, 3.8) is 0 Å². The highest BCUT2D eigenvalue weighted by Gasteiger charge is 2.18. The van der Waals surface area contributed by atoms with Crippen molar-refractivity contribution < 1.29 is 38.2 Å². The first kappa shape index (κ1) is 55.5.